The molecule has 1 aliphatic rings. The van der Waals surface area contributed by atoms with Crippen LogP contribution in [0.5, 0.6) is 0 Å². The van der Waals surface area contributed by atoms with Crippen molar-refractivity contribution in [2.24, 2.45) is 11.0 Å². The number of azide groups is 1. The number of nitrogens with zero attached hydrogens (tertiary/aromatic N) is 5. The Balaban J connectivity index is 1.70. The molecule has 3 aromatic rings. The smallest absolute Gasteiger partial charge is 0.351 e. The summed E-state index contributed by atoms with van der Waals surface area (Å²) < 4.78 is 18.4. The lowest BCUT2D eigenvalue weighted by molar-refractivity contribution is -0.128. The molecule has 1 fully saturated rings. The summed E-state index contributed by atoms with van der Waals surface area (Å²) in [6, 6.07) is 17.7. The summed E-state index contributed by atoms with van der Waals surface area (Å²) in [4.78, 5) is 44.7. The number of nitrogen functional groups attached to an aromatic ring is 1. The normalized spacial score (nSPS) is 22.9. The molecule has 0 aliphatic carbocycles. The predicted octanol–water partition coefficient (Wildman–Crippen LogP) is 3.08. The van der Waals surface area contributed by atoms with Gasteiger partial charge in [-0.1, -0.05) is 48.4 Å². The maximum atomic E-state index is 12.9. The first-order valence-electron chi connectivity index (χ1n) is 10.9. The number of hydrogen-bond acceptors (Lipinski definition) is 9. The fraction of sp³-hybridized carbons (Fsp3) is 0.250. The zero-order valence-corrected chi connectivity index (χ0v) is 19.1. The second kappa shape index (κ2) is 10.3. The molecule has 0 spiro atoms. The summed E-state index contributed by atoms with van der Waals surface area (Å²) in [7, 11) is 0. The van der Waals surface area contributed by atoms with Crippen molar-refractivity contribution in [3.05, 3.63) is 105 Å². The van der Waals surface area contributed by atoms with E-state index in [0.717, 1.165) is 4.57 Å². The maximum absolute atomic E-state index is 12.9. The Hall–Kier alpha value is -4.67. The third kappa shape index (κ3) is 4.90. The number of hydrogen-bond donors (Lipinski definition) is 1. The van der Waals surface area contributed by atoms with Crippen LogP contribution in [0.25, 0.3) is 10.4 Å². The standard InChI is InChI=1S/C24H22N6O6/c1-15-19(35-22(32)17-10-6-3-7-11-17)24(28-29-26,14-34-21(31)16-8-4-2-5-9-16)36-20(15)30-13-12-18(25)27-23(30)33/h2-13,15,19-20H,14H2,1H3,(H2,25,27,33)/t15-,19-,20+,24+/m0/s1. The number of esters is 2. The van der Waals surface area contributed by atoms with E-state index in [4.69, 9.17) is 19.9 Å². The van der Waals surface area contributed by atoms with Gasteiger partial charge in [0.15, 0.2) is 0 Å². The molecule has 1 aromatic heterocycles. The lowest BCUT2D eigenvalue weighted by Gasteiger charge is -2.29. The molecule has 4 rings (SSSR count). The molecule has 12 heteroatoms. The van der Waals surface area contributed by atoms with Gasteiger partial charge < -0.3 is 19.9 Å². The van der Waals surface area contributed by atoms with Gasteiger partial charge in [0.05, 0.1) is 11.1 Å². The molecule has 2 aromatic carbocycles. The first-order valence-corrected chi connectivity index (χ1v) is 10.9. The second-order valence-corrected chi connectivity index (χ2v) is 8.08. The van der Waals surface area contributed by atoms with Crippen LogP contribution in [0.3, 0.4) is 0 Å². The molecular weight excluding hydrogens is 468 g/mol. The minimum Gasteiger partial charge on any atom is -0.459 e. The summed E-state index contributed by atoms with van der Waals surface area (Å²) in [5, 5.41) is 3.77. The van der Waals surface area contributed by atoms with Crippen molar-refractivity contribution in [3.8, 4) is 0 Å². The fourth-order valence-electron chi connectivity index (χ4n) is 3.96. The number of carbonyl (C=O) groups is 2. The van der Waals surface area contributed by atoms with Crippen LogP contribution in [0.2, 0.25) is 0 Å². The van der Waals surface area contributed by atoms with Crippen LogP contribution < -0.4 is 11.4 Å². The Labute approximate surface area is 204 Å². The lowest BCUT2D eigenvalue weighted by atomic mass is 9.97. The van der Waals surface area contributed by atoms with Gasteiger partial charge in [-0.25, -0.2) is 14.4 Å². The van der Waals surface area contributed by atoms with E-state index >= 15 is 0 Å². The average molecular weight is 490 g/mol. The Morgan fingerprint density at radius 2 is 1.72 bits per heavy atom. The zero-order chi connectivity index (χ0) is 25.7. The summed E-state index contributed by atoms with van der Waals surface area (Å²) in [6.07, 6.45) is -0.955. The van der Waals surface area contributed by atoms with Crippen molar-refractivity contribution in [1.29, 1.82) is 0 Å². The number of ether oxygens (including phenoxy) is 3. The maximum Gasteiger partial charge on any atom is 0.351 e. The number of carbonyl (C=O) groups excluding carboxylic acids is 2. The summed E-state index contributed by atoms with van der Waals surface area (Å²) in [5.74, 6) is -2.15. The number of benzene rings is 2. The van der Waals surface area contributed by atoms with Gasteiger partial charge in [0.25, 0.3) is 0 Å². The molecule has 1 saturated heterocycles. The van der Waals surface area contributed by atoms with Crippen LogP contribution in [0.4, 0.5) is 5.82 Å². The minimum absolute atomic E-state index is 0.00653. The highest BCUT2D eigenvalue weighted by atomic mass is 16.6. The van der Waals surface area contributed by atoms with Crippen molar-refractivity contribution in [1.82, 2.24) is 9.55 Å². The van der Waals surface area contributed by atoms with Crippen LogP contribution in [-0.2, 0) is 14.2 Å². The Kier molecular flexibility index (Phi) is 7.00. The summed E-state index contributed by atoms with van der Waals surface area (Å²) in [6.45, 7) is 1.06. The van der Waals surface area contributed by atoms with Crippen LogP contribution in [0.15, 0.2) is 82.8 Å². The van der Waals surface area contributed by atoms with Crippen molar-refractivity contribution < 1.29 is 23.8 Å². The zero-order valence-electron chi connectivity index (χ0n) is 19.1. The number of rotatable bonds is 7. The Morgan fingerprint density at radius 1 is 1.11 bits per heavy atom. The third-order valence-electron chi connectivity index (χ3n) is 5.70. The van der Waals surface area contributed by atoms with Crippen molar-refractivity contribution in [2.75, 3.05) is 12.3 Å². The first kappa shape index (κ1) is 24.5. The van der Waals surface area contributed by atoms with Gasteiger partial charge in [-0.15, -0.1) is 0 Å². The first-order chi connectivity index (χ1) is 17.3. The summed E-state index contributed by atoms with van der Waals surface area (Å²) in [5.41, 5.74) is 12.8. The molecule has 184 valence electrons. The molecule has 4 atom stereocenters. The van der Waals surface area contributed by atoms with Crippen molar-refractivity contribution in [3.63, 3.8) is 0 Å². The molecule has 0 unspecified atom stereocenters. The van der Waals surface area contributed by atoms with Gasteiger partial charge in [-0.05, 0) is 35.9 Å². The monoisotopic (exact) mass is 490 g/mol. The van der Waals surface area contributed by atoms with Gasteiger partial charge in [-0.3, -0.25) is 4.57 Å². The quantitative estimate of drug-likeness (QED) is 0.228. The molecule has 0 bridgehead atoms. The molecular formula is C24H22N6O6. The Morgan fingerprint density at radius 3 is 2.31 bits per heavy atom. The van der Waals surface area contributed by atoms with Gasteiger partial charge >= 0.3 is 17.6 Å². The van der Waals surface area contributed by atoms with E-state index < -0.39 is 48.2 Å². The van der Waals surface area contributed by atoms with Crippen LogP contribution in [0, 0.1) is 5.92 Å². The number of anilines is 1. The highest BCUT2D eigenvalue weighted by Crippen LogP contribution is 2.44. The fourth-order valence-corrected chi connectivity index (χ4v) is 3.96. The van der Waals surface area contributed by atoms with E-state index in [9.17, 15) is 19.9 Å². The van der Waals surface area contributed by atoms with E-state index in [1.165, 1.54) is 12.3 Å². The molecule has 0 radical (unpaired) electrons. The van der Waals surface area contributed by atoms with Gasteiger partial charge in [0, 0.05) is 17.0 Å². The van der Waals surface area contributed by atoms with E-state index in [-0.39, 0.29) is 16.9 Å². The number of nitrogens with two attached hydrogens (primary N) is 1. The Bertz CT molecular complexity index is 1360. The predicted molar refractivity (Wildman–Crippen MR) is 126 cm³/mol. The summed E-state index contributed by atoms with van der Waals surface area (Å²) >= 11 is 0. The van der Waals surface area contributed by atoms with E-state index in [1.807, 2.05) is 0 Å². The molecule has 36 heavy (non-hydrogen) atoms. The molecule has 0 saturated carbocycles. The second-order valence-electron chi connectivity index (χ2n) is 8.08. The van der Waals surface area contributed by atoms with Crippen LogP contribution in [-0.4, -0.2) is 39.9 Å². The van der Waals surface area contributed by atoms with Gasteiger partial charge in [0.2, 0.25) is 5.72 Å². The van der Waals surface area contributed by atoms with Crippen LogP contribution >= 0.6 is 0 Å². The SMILES string of the molecule is C[C@@H]1[C@H](n2ccc(N)nc2=O)O[C@@](COC(=O)c2ccccc2)(N=[N+]=[N-])[C@H]1OC(=O)c1ccccc1. The van der Waals surface area contributed by atoms with Gasteiger partial charge in [0.1, 0.15) is 24.8 Å². The highest BCUT2D eigenvalue weighted by Gasteiger charge is 2.57. The van der Waals surface area contributed by atoms with Crippen LogP contribution in [0.1, 0.15) is 33.9 Å². The topological polar surface area (TPSA) is 172 Å². The minimum atomic E-state index is -1.98. The molecule has 1 aliphatic heterocycles. The largest absolute Gasteiger partial charge is 0.459 e. The van der Waals surface area contributed by atoms with E-state index in [0.29, 0.717) is 0 Å². The molecule has 2 heterocycles. The van der Waals surface area contributed by atoms with E-state index in [2.05, 4.69) is 15.0 Å². The third-order valence-corrected chi connectivity index (χ3v) is 5.70. The van der Waals surface area contributed by atoms with E-state index in [1.54, 1.807) is 67.6 Å². The number of aromatic nitrogens is 2. The molecule has 2 N–H and O–H groups in total. The van der Waals surface area contributed by atoms with Crippen molar-refractivity contribution in [2.45, 2.75) is 25.0 Å². The highest BCUT2D eigenvalue weighted by molar-refractivity contribution is 5.90. The van der Waals surface area contributed by atoms with Gasteiger partial charge in [-0.2, -0.15) is 4.98 Å². The molecule has 0 amide bonds. The lowest BCUT2D eigenvalue weighted by Crippen LogP contribution is -2.46. The van der Waals surface area contributed by atoms with Crippen molar-refractivity contribution >= 4 is 17.8 Å². The molecule has 12 nitrogen and oxygen atoms in total. The average Bonchev–Trinajstić information content (AvgIpc) is 3.15.